The van der Waals surface area contributed by atoms with Crippen LogP contribution in [0.1, 0.15) is 22.0 Å². The smallest absolute Gasteiger partial charge is 0.317 e. The van der Waals surface area contributed by atoms with E-state index in [0.29, 0.717) is 19.6 Å². The van der Waals surface area contributed by atoms with Gasteiger partial charge in [-0.3, -0.25) is 0 Å². The van der Waals surface area contributed by atoms with Crippen LogP contribution in [0.4, 0.5) is 4.79 Å². The molecule has 2 amide bonds. The minimum absolute atomic E-state index is 0.0770. The summed E-state index contributed by atoms with van der Waals surface area (Å²) in [5.41, 5.74) is 1.11. The van der Waals surface area contributed by atoms with Gasteiger partial charge in [0, 0.05) is 17.8 Å². The molecule has 6 heteroatoms. The summed E-state index contributed by atoms with van der Waals surface area (Å²) in [6.45, 7) is 5.66. The van der Waals surface area contributed by atoms with Crippen LogP contribution in [0, 0.1) is 13.8 Å². The lowest BCUT2D eigenvalue weighted by atomic mass is 10.2. The van der Waals surface area contributed by atoms with Crippen LogP contribution in [-0.2, 0) is 6.42 Å². The summed E-state index contributed by atoms with van der Waals surface area (Å²) in [7, 11) is 0. The molecule has 100 valence electrons. The first-order valence-electron chi connectivity index (χ1n) is 6.20. The average molecular weight is 269 g/mol. The summed E-state index contributed by atoms with van der Waals surface area (Å²) >= 11 is 1.73. The Kier molecular flexibility index (Phi) is 4.19. The molecule has 0 aliphatic carbocycles. The lowest BCUT2D eigenvalue weighted by Gasteiger charge is -2.35. The van der Waals surface area contributed by atoms with Gasteiger partial charge in [0.1, 0.15) is 0 Å². The number of aliphatic hydroxyl groups excluding tert-OH is 1. The molecule has 0 bridgehead atoms. The number of carbonyl (C=O) groups is 1. The van der Waals surface area contributed by atoms with Crippen molar-refractivity contribution in [3.63, 3.8) is 0 Å². The Bertz CT molecular complexity index is 407. The zero-order valence-corrected chi connectivity index (χ0v) is 11.6. The van der Waals surface area contributed by atoms with Crippen LogP contribution in [-0.4, -0.2) is 46.8 Å². The molecular weight excluding hydrogens is 250 g/mol. The number of hydrogen-bond donors (Lipinski definition) is 2. The van der Waals surface area contributed by atoms with Crippen LogP contribution in [0.5, 0.6) is 0 Å². The monoisotopic (exact) mass is 269 g/mol. The molecule has 0 unspecified atom stereocenters. The molecular formula is C12H19N3O2S. The van der Waals surface area contributed by atoms with Crippen LogP contribution >= 0.6 is 11.3 Å². The van der Waals surface area contributed by atoms with E-state index >= 15 is 0 Å². The van der Waals surface area contributed by atoms with Crippen molar-refractivity contribution in [1.82, 2.24) is 15.2 Å². The Morgan fingerprint density at radius 3 is 2.83 bits per heavy atom. The highest BCUT2D eigenvalue weighted by Crippen LogP contribution is 2.17. The van der Waals surface area contributed by atoms with Gasteiger partial charge >= 0.3 is 6.03 Å². The van der Waals surface area contributed by atoms with E-state index in [1.165, 1.54) is 4.88 Å². The highest BCUT2D eigenvalue weighted by Gasteiger charge is 2.28. The van der Waals surface area contributed by atoms with Gasteiger partial charge in [-0.1, -0.05) is 0 Å². The van der Waals surface area contributed by atoms with Crippen molar-refractivity contribution in [1.29, 1.82) is 0 Å². The average Bonchev–Trinajstić information content (AvgIpc) is 2.60. The molecule has 1 aromatic heterocycles. The van der Waals surface area contributed by atoms with Gasteiger partial charge in [0.2, 0.25) is 0 Å². The Hall–Kier alpha value is -1.14. The molecule has 0 spiro atoms. The predicted octanol–water partition coefficient (Wildman–Crippen LogP) is 1.08. The second kappa shape index (κ2) is 5.67. The number of nitrogens with zero attached hydrogens (tertiary/aromatic N) is 2. The maximum Gasteiger partial charge on any atom is 0.317 e. The molecule has 1 saturated heterocycles. The van der Waals surface area contributed by atoms with E-state index in [9.17, 15) is 4.79 Å². The van der Waals surface area contributed by atoms with Gasteiger partial charge in [-0.2, -0.15) is 0 Å². The summed E-state index contributed by atoms with van der Waals surface area (Å²) in [5, 5.41) is 13.1. The van der Waals surface area contributed by atoms with Crippen molar-refractivity contribution in [2.24, 2.45) is 0 Å². The maximum absolute atomic E-state index is 11.5. The summed E-state index contributed by atoms with van der Waals surface area (Å²) < 4.78 is 0. The molecule has 2 rings (SSSR count). The zero-order chi connectivity index (χ0) is 13.1. The molecule has 1 aliphatic rings. The Morgan fingerprint density at radius 2 is 2.28 bits per heavy atom. The standard InChI is InChI=1S/C12H19N3O2S/c1-8-9(2)18-11(14-8)4-3-5-13-12(17)15-6-10(16)7-15/h10,16H,3-7H2,1-2H3,(H,13,17). The van der Waals surface area contributed by atoms with E-state index in [2.05, 4.69) is 17.2 Å². The highest BCUT2D eigenvalue weighted by atomic mass is 32.1. The van der Waals surface area contributed by atoms with Crippen LogP contribution in [0.25, 0.3) is 0 Å². The Morgan fingerprint density at radius 1 is 1.56 bits per heavy atom. The third-order valence-corrected chi connectivity index (χ3v) is 4.20. The Balaban J connectivity index is 1.62. The van der Waals surface area contributed by atoms with Gasteiger partial charge < -0.3 is 15.3 Å². The first-order valence-corrected chi connectivity index (χ1v) is 7.01. The number of aryl methyl sites for hydroxylation is 3. The minimum Gasteiger partial charge on any atom is -0.389 e. The Labute approximate surface area is 111 Å². The van der Waals surface area contributed by atoms with E-state index in [1.54, 1.807) is 16.2 Å². The molecule has 18 heavy (non-hydrogen) atoms. The van der Waals surface area contributed by atoms with Crippen LogP contribution in [0.2, 0.25) is 0 Å². The van der Waals surface area contributed by atoms with Gasteiger partial charge in [0.25, 0.3) is 0 Å². The van der Waals surface area contributed by atoms with Crippen molar-refractivity contribution in [3.05, 3.63) is 15.6 Å². The number of hydrogen-bond acceptors (Lipinski definition) is 4. The van der Waals surface area contributed by atoms with Crippen molar-refractivity contribution in [2.75, 3.05) is 19.6 Å². The number of aliphatic hydroxyl groups is 1. The topological polar surface area (TPSA) is 65.5 Å². The van der Waals surface area contributed by atoms with Gasteiger partial charge in [-0.25, -0.2) is 9.78 Å². The lowest BCUT2D eigenvalue weighted by molar-refractivity contribution is 0.0267. The number of amides is 2. The normalized spacial score (nSPS) is 15.6. The predicted molar refractivity (Wildman–Crippen MR) is 70.9 cm³/mol. The number of β-amino-alcohol motifs (C(OH)–C–C–N with tert-alkyl or cyclic N) is 1. The molecule has 0 aromatic carbocycles. The van der Waals surface area contributed by atoms with Crippen LogP contribution in [0.3, 0.4) is 0 Å². The van der Waals surface area contributed by atoms with Crippen molar-refractivity contribution in [2.45, 2.75) is 32.8 Å². The molecule has 0 radical (unpaired) electrons. The maximum atomic E-state index is 11.5. The van der Waals surface area contributed by atoms with E-state index in [1.807, 2.05) is 6.92 Å². The molecule has 1 fully saturated rings. The minimum atomic E-state index is -0.336. The highest BCUT2D eigenvalue weighted by molar-refractivity contribution is 7.11. The van der Waals surface area contributed by atoms with E-state index in [-0.39, 0.29) is 12.1 Å². The first-order chi connectivity index (χ1) is 8.56. The zero-order valence-electron chi connectivity index (χ0n) is 10.8. The number of carbonyl (C=O) groups excluding carboxylic acids is 1. The summed E-state index contributed by atoms with van der Waals surface area (Å²) in [4.78, 5) is 18.9. The van der Waals surface area contributed by atoms with Crippen molar-refractivity contribution < 1.29 is 9.90 Å². The van der Waals surface area contributed by atoms with E-state index < -0.39 is 0 Å². The van der Waals surface area contributed by atoms with Gasteiger partial charge in [-0.15, -0.1) is 11.3 Å². The van der Waals surface area contributed by atoms with Gasteiger partial charge in [0.15, 0.2) is 0 Å². The second-order valence-corrected chi connectivity index (χ2v) is 5.93. The van der Waals surface area contributed by atoms with E-state index in [0.717, 1.165) is 23.5 Å². The van der Waals surface area contributed by atoms with Crippen molar-refractivity contribution in [3.8, 4) is 0 Å². The van der Waals surface area contributed by atoms with Crippen LogP contribution < -0.4 is 5.32 Å². The second-order valence-electron chi connectivity index (χ2n) is 4.64. The third-order valence-electron chi connectivity index (χ3n) is 3.07. The van der Waals surface area contributed by atoms with Gasteiger partial charge in [-0.05, 0) is 20.3 Å². The lowest BCUT2D eigenvalue weighted by Crippen LogP contribution is -2.56. The largest absolute Gasteiger partial charge is 0.389 e. The molecule has 0 atom stereocenters. The number of likely N-dealkylation sites (tertiary alicyclic amines) is 1. The number of rotatable bonds is 4. The molecule has 5 nitrogen and oxygen atoms in total. The number of thiazole rings is 1. The third kappa shape index (κ3) is 3.20. The summed E-state index contributed by atoms with van der Waals surface area (Å²) in [5.74, 6) is 0. The van der Waals surface area contributed by atoms with Crippen LogP contribution in [0.15, 0.2) is 0 Å². The number of nitrogens with one attached hydrogen (secondary N) is 1. The van der Waals surface area contributed by atoms with E-state index in [4.69, 9.17) is 5.11 Å². The fraction of sp³-hybridized carbons (Fsp3) is 0.667. The van der Waals surface area contributed by atoms with Crippen molar-refractivity contribution >= 4 is 17.4 Å². The number of urea groups is 1. The quantitative estimate of drug-likeness (QED) is 0.804. The SMILES string of the molecule is Cc1nc(CCCNC(=O)N2CC(O)C2)sc1C. The summed E-state index contributed by atoms with van der Waals surface area (Å²) in [6, 6.07) is -0.0770. The first kappa shape index (κ1) is 13.3. The molecule has 2 N–H and O–H groups in total. The van der Waals surface area contributed by atoms with Gasteiger partial charge in [0.05, 0.1) is 29.9 Å². The molecule has 2 heterocycles. The fourth-order valence-electron chi connectivity index (χ4n) is 1.81. The molecule has 1 aromatic rings. The molecule has 0 saturated carbocycles. The number of aromatic nitrogens is 1. The molecule has 1 aliphatic heterocycles. The fourth-order valence-corrected chi connectivity index (χ4v) is 2.79. The summed E-state index contributed by atoms with van der Waals surface area (Å²) in [6.07, 6.45) is 1.47.